The third-order valence-corrected chi connectivity index (χ3v) is 8.91. The number of esters is 1. The van der Waals surface area contributed by atoms with E-state index >= 15 is 0 Å². The fourth-order valence-corrected chi connectivity index (χ4v) is 6.64. The van der Waals surface area contributed by atoms with E-state index in [1.165, 1.54) is 4.68 Å². The summed E-state index contributed by atoms with van der Waals surface area (Å²) in [5.74, 6) is -0.551. The van der Waals surface area contributed by atoms with Gasteiger partial charge in [0.25, 0.3) is 0 Å². The van der Waals surface area contributed by atoms with Crippen LogP contribution in [0.3, 0.4) is 0 Å². The zero-order valence-corrected chi connectivity index (χ0v) is 27.8. The number of carbonyl (C=O) groups excluding carboxylic acids is 2. The summed E-state index contributed by atoms with van der Waals surface area (Å²) in [6.45, 7) is 10.4. The van der Waals surface area contributed by atoms with Crippen molar-refractivity contribution in [2.75, 3.05) is 37.7 Å². The minimum absolute atomic E-state index is 0.160. The highest BCUT2D eigenvalue weighted by Crippen LogP contribution is 2.40. The first-order valence-electron chi connectivity index (χ1n) is 15.5. The van der Waals surface area contributed by atoms with Crippen LogP contribution in [0.15, 0.2) is 42.9 Å². The Morgan fingerprint density at radius 2 is 1.87 bits per heavy atom. The van der Waals surface area contributed by atoms with E-state index in [1.807, 2.05) is 45.0 Å². The second-order valence-electron chi connectivity index (χ2n) is 12.6. The first kappa shape index (κ1) is 32.1. The quantitative estimate of drug-likeness (QED) is 0.211. The molecule has 46 heavy (non-hydrogen) atoms. The second kappa shape index (κ2) is 12.8. The van der Waals surface area contributed by atoms with E-state index in [0.717, 1.165) is 24.2 Å². The summed E-state index contributed by atoms with van der Waals surface area (Å²) in [4.78, 5) is 34.3. The van der Waals surface area contributed by atoms with Crippen molar-refractivity contribution in [1.82, 2.24) is 24.2 Å². The monoisotopic (exact) mass is 670 g/mol. The number of benzene rings is 2. The van der Waals surface area contributed by atoms with Gasteiger partial charge >= 0.3 is 12.1 Å². The van der Waals surface area contributed by atoms with E-state index in [2.05, 4.69) is 9.88 Å². The molecular formula is C33H37Cl2FN6O4. The third kappa shape index (κ3) is 6.40. The summed E-state index contributed by atoms with van der Waals surface area (Å²) in [5.41, 5.74) is 3.51. The summed E-state index contributed by atoms with van der Waals surface area (Å²) in [6, 6.07) is 8.78. The molecule has 0 aliphatic carbocycles. The van der Waals surface area contributed by atoms with E-state index in [0.29, 0.717) is 57.5 Å². The number of rotatable bonds is 6. The van der Waals surface area contributed by atoms with Crippen molar-refractivity contribution in [2.45, 2.75) is 64.9 Å². The van der Waals surface area contributed by atoms with E-state index in [4.69, 9.17) is 37.8 Å². The Kier molecular flexibility index (Phi) is 8.91. The van der Waals surface area contributed by atoms with Crippen LogP contribution in [-0.2, 0) is 27.2 Å². The lowest BCUT2D eigenvalue weighted by Crippen LogP contribution is -2.39. The number of fused-ring (bicyclic) bond motifs is 2. The molecule has 13 heteroatoms. The molecule has 2 aromatic heterocycles. The van der Waals surface area contributed by atoms with Gasteiger partial charge in [0.05, 0.1) is 35.2 Å². The molecule has 4 aromatic rings. The van der Waals surface area contributed by atoms with Crippen molar-refractivity contribution < 1.29 is 23.5 Å². The molecule has 1 fully saturated rings. The Morgan fingerprint density at radius 3 is 2.59 bits per heavy atom. The van der Waals surface area contributed by atoms with Gasteiger partial charge < -0.3 is 23.8 Å². The van der Waals surface area contributed by atoms with Gasteiger partial charge in [-0.3, -0.25) is 4.68 Å². The number of imidazole rings is 1. The van der Waals surface area contributed by atoms with E-state index in [-0.39, 0.29) is 25.7 Å². The normalized spacial score (nSPS) is 17.6. The lowest BCUT2D eigenvalue weighted by atomic mass is 10.0. The summed E-state index contributed by atoms with van der Waals surface area (Å²) in [6.07, 6.45) is 2.86. The predicted molar refractivity (Wildman–Crippen MR) is 175 cm³/mol. The van der Waals surface area contributed by atoms with Gasteiger partial charge in [0.15, 0.2) is 6.04 Å². The standard InChI is InChI=1S/C33H37Cl2FN6O4/c1-5-45-31(43)30(29-26-15-21(36)17-41(26)19-37-29)42-18-24-25(34)16-23(27(35)28(24)38-42)20-7-9-22(10-8-20)39-11-6-12-40(14-13-39)32(44)46-33(2,3)4/h7-10,16,18-19,21,30H,5-6,11-15,17H2,1-4H3/t21-,30?/m1/s1. The van der Waals surface area contributed by atoms with Gasteiger partial charge in [0, 0.05) is 61.1 Å². The summed E-state index contributed by atoms with van der Waals surface area (Å²) in [7, 11) is 0. The number of aromatic nitrogens is 4. The van der Waals surface area contributed by atoms with Crippen LogP contribution < -0.4 is 4.90 Å². The number of ether oxygens (including phenoxy) is 2. The fourth-order valence-electron chi connectivity index (χ4n) is 6.09. The molecule has 0 radical (unpaired) electrons. The molecule has 4 heterocycles. The SMILES string of the molecule is CCOC(=O)C(c1ncn2c1C[C@@H](F)C2)n1cc2c(Cl)cc(-c3ccc(N4CCCN(C(=O)OC(C)(C)C)CC4)cc3)c(Cl)c2n1. The van der Waals surface area contributed by atoms with Crippen LogP contribution in [0.25, 0.3) is 22.0 Å². The molecule has 0 saturated carbocycles. The Bertz CT molecular complexity index is 1770. The van der Waals surface area contributed by atoms with Crippen molar-refractivity contribution in [3.8, 4) is 11.1 Å². The molecule has 1 unspecified atom stereocenters. The van der Waals surface area contributed by atoms with Crippen molar-refractivity contribution in [2.24, 2.45) is 0 Å². The summed E-state index contributed by atoms with van der Waals surface area (Å²) in [5, 5.41) is 6.09. The second-order valence-corrected chi connectivity index (χ2v) is 13.4. The highest BCUT2D eigenvalue weighted by molar-refractivity contribution is 6.42. The van der Waals surface area contributed by atoms with Crippen LogP contribution in [0.2, 0.25) is 10.0 Å². The van der Waals surface area contributed by atoms with Crippen LogP contribution in [0.5, 0.6) is 0 Å². The Morgan fingerprint density at radius 1 is 1.11 bits per heavy atom. The maximum atomic E-state index is 14.2. The lowest BCUT2D eigenvalue weighted by molar-refractivity contribution is -0.146. The number of halogens is 3. The molecule has 6 rings (SSSR count). The molecule has 1 saturated heterocycles. The van der Waals surface area contributed by atoms with Crippen LogP contribution in [0, 0.1) is 0 Å². The molecule has 0 bridgehead atoms. The number of amides is 1. The number of anilines is 1. The molecule has 1 amide bonds. The van der Waals surface area contributed by atoms with Gasteiger partial charge in [-0.15, -0.1) is 0 Å². The minimum Gasteiger partial charge on any atom is -0.464 e. The zero-order chi connectivity index (χ0) is 32.7. The third-order valence-electron chi connectivity index (χ3n) is 8.22. The number of carbonyl (C=O) groups is 2. The molecule has 2 aromatic carbocycles. The van der Waals surface area contributed by atoms with E-state index in [9.17, 15) is 14.0 Å². The summed E-state index contributed by atoms with van der Waals surface area (Å²) >= 11 is 13.7. The topological polar surface area (TPSA) is 94.7 Å². The van der Waals surface area contributed by atoms with Gasteiger partial charge in [-0.05, 0) is 57.9 Å². The Balaban J connectivity index is 1.26. The van der Waals surface area contributed by atoms with E-state index in [1.54, 1.807) is 35.0 Å². The Labute approximate surface area is 277 Å². The van der Waals surface area contributed by atoms with Crippen molar-refractivity contribution in [3.63, 3.8) is 0 Å². The van der Waals surface area contributed by atoms with Crippen LogP contribution in [-0.4, -0.2) is 80.9 Å². The van der Waals surface area contributed by atoms with Crippen molar-refractivity contribution >= 4 is 51.9 Å². The highest BCUT2D eigenvalue weighted by atomic mass is 35.5. The zero-order valence-electron chi connectivity index (χ0n) is 26.3. The average Bonchev–Trinajstić information content (AvgIpc) is 3.64. The van der Waals surface area contributed by atoms with Crippen molar-refractivity contribution in [3.05, 3.63) is 64.3 Å². The smallest absolute Gasteiger partial charge is 0.410 e. The average molecular weight is 672 g/mol. The Hall–Kier alpha value is -3.83. The van der Waals surface area contributed by atoms with E-state index < -0.39 is 23.8 Å². The minimum atomic E-state index is -1.04. The largest absolute Gasteiger partial charge is 0.464 e. The first-order chi connectivity index (χ1) is 21.9. The molecule has 2 aliphatic heterocycles. The van der Waals surface area contributed by atoms with Gasteiger partial charge in [-0.2, -0.15) is 5.10 Å². The van der Waals surface area contributed by atoms with Crippen molar-refractivity contribution in [1.29, 1.82) is 0 Å². The number of alkyl halides is 1. The first-order valence-corrected chi connectivity index (χ1v) is 16.2. The van der Waals surface area contributed by atoms with Crippen LogP contribution >= 0.6 is 23.2 Å². The predicted octanol–water partition coefficient (Wildman–Crippen LogP) is 6.70. The molecule has 2 atom stereocenters. The van der Waals surface area contributed by atoms with Gasteiger partial charge in [-0.25, -0.2) is 19.0 Å². The van der Waals surface area contributed by atoms with Crippen LogP contribution in [0.1, 0.15) is 51.5 Å². The van der Waals surface area contributed by atoms with Crippen LogP contribution in [0.4, 0.5) is 14.9 Å². The molecule has 0 N–H and O–H groups in total. The number of hydrogen-bond acceptors (Lipinski definition) is 7. The maximum absolute atomic E-state index is 14.2. The highest BCUT2D eigenvalue weighted by Gasteiger charge is 2.35. The molecular weight excluding hydrogens is 634 g/mol. The lowest BCUT2D eigenvalue weighted by Gasteiger charge is -2.27. The summed E-state index contributed by atoms with van der Waals surface area (Å²) < 4.78 is 28.4. The fraction of sp³-hybridized carbons (Fsp3) is 0.455. The van der Waals surface area contributed by atoms with Gasteiger partial charge in [0.1, 0.15) is 17.3 Å². The van der Waals surface area contributed by atoms with Gasteiger partial charge in [0.2, 0.25) is 0 Å². The maximum Gasteiger partial charge on any atom is 0.410 e. The number of hydrogen-bond donors (Lipinski definition) is 0. The molecule has 244 valence electrons. The molecule has 2 aliphatic rings. The van der Waals surface area contributed by atoms with Gasteiger partial charge in [-0.1, -0.05) is 35.3 Å². The number of nitrogens with zero attached hydrogens (tertiary/aromatic N) is 6. The molecule has 0 spiro atoms. The molecule has 10 nitrogen and oxygen atoms in total.